The van der Waals surface area contributed by atoms with Gasteiger partial charge < -0.3 is 5.32 Å². The van der Waals surface area contributed by atoms with Crippen LogP contribution in [-0.2, 0) is 0 Å². The Hall–Kier alpha value is -1.19. The van der Waals surface area contributed by atoms with Crippen LogP contribution in [0.15, 0.2) is 28.7 Å². The van der Waals surface area contributed by atoms with Crippen molar-refractivity contribution in [2.24, 2.45) is 0 Å². The van der Waals surface area contributed by atoms with E-state index in [1.807, 2.05) is 18.2 Å². The summed E-state index contributed by atoms with van der Waals surface area (Å²) in [5.74, 6) is 0. The van der Waals surface area contributed by atoms with Crippen LogP contribution in [0.5, 0.6) is 0 Å². The minimum absolute atomic E-state index is 0.285. The Labute approximate surface area is 108 Å². The molecule has 0 aromatic heterocycles. The smallest absolute Gasteiger partial charge is 0.331 e. The molecule has 1 aromatic carbocycles. The van der Waals surface area contributed by atoms with Gasteiger partial charge in [-0.1, -0.05) is 28.7 Å². The molecule has 0 heterocycles. The fraction of sp³-hybridized carbons (Fsp3) is 0.200. The average molecular weight is 300 g/mol. The third-order valence-corrected chi connectivity index (χ3v) is 2.72. The molecule has 2 amide bonds. The molecule has 84 valence electrons. The molecule has 0 saturated carbocycles. The van der Waals surface area contributed by atoms with Gasteiger partial charge in [0.2, 0.25) is 0 Å². The maximum Gasteiger partial charge on any atom is 0.331 e. The number of amides is 2. The minimum atomic E-state index is -0.346. The summed E-state index contributed by atoms with van der Waals surface area (Å²) in [6.45, 7) is 0.322. The molecule has 1 aromatic rings. The van der Waals surface area contributed by atoms with Crippen molar-refractivity contribution < 1.29 is 4.79 Å². The number of nitriles is 1. The molecule has 0 spiro atoms. The number of hydrogen-bond donors (Lipinski definition) is 2. The highest BCUT2D eigenvalue weighted by molar-refractivity contribution is 9.10. The molecule has 6 heteroatoms. The molecule has 0 aliphatic heterocycles. The van der Waals surface area contributed by atoms with Crippen LogP contribution in [0, 0.1) is 11.3 Å². The van der Waals surface area contributed by atoms with E-state index in [2.05, 4.69) is 34.1 Å². The predicted molar refractivity (Wildman–Crippen MR) is 69.2 cm³/mol. The highest BCUT2D eigenvalue weighted by atomic mass is 79.9. The molecule has 0 unspecified atom stereocenters. The van der Waals surface area contributed by atoms with Gasteiger partial charge in [-0.15, -0.1) is 0 Å². The number of hydrogen-bond acceptors (Lipinski definition) is 3. The number of nitrogens with one attached hydrogen (secondary N) is 1. The molecule has 16 heavy (non-hydrogen) atoms. The van der Waals surface area contributed by atoms with Gasteiger partial charge in [-0.05, 0) is 24.3 Å². The number of halogens is 1. The summed E-state index contributed by atoms with van der Waals surface area (Å²) in [7, 11) is 0. The van der Waals surface area contributed by atoms with Crippen molar-refractivity contribution in [3.05, 3.63) is 28.7 Å². The Morgan fingerprint density at radius 1 is 1.50 bits per heavy atom. The van der Waals surface area contributed by atoms with Crippen molar-refractivity contribution in [1.29, 1.82) is 5.26 Å². The van der Waals surface area contributed by atoms with E-state index in [4.69, 9.17) is 5.26 Å². The van der Waals surface area contributed by atoms with E-state index >= 15 is 0 Å². The molecule has 0 aliphatic rings. The zero-order chi connectivity index (χ0) is 12.0. The zero-order valence-electron chi connectivity index (χ0n) is 8.35. The van der Waals surface area contributed by atoms with Crippen molar-refractivity contribution in [2.45, 2.75) is 6.42 Å². The Balaban J connectivity index is 2.57. The predicted octanol–water partition coefficient (Wildman–Crippen LogP) is 2.72. The fourth-order valence-corrected chi connectivity index (χ4v) is 1.47. The fourth-order valence-electron chi connectivity index (χ4n) is 1.000. The summed E-state index contributed by atoms with van der Waals surface area (Å²) in [4.78, 5) is 11.5. The number of anilines is 1. The lowest BCUT2D eigenvalue weighted by molar-refractivity contribution is 0.250. The van der Waals surface area contributed by atoms with Crippen molar-refractivity contribution in [1.82, 2.24) is 5.32 Å². The van der Waals surface area contributed by atoms with Crippen molar-refractivity contribution >= 4 is 40.5 Å². The molecular weight excluding hydrogens is 290 g/mol. The number of thiol groups is 1. The summed E-state index contributed by atoms with van der Waals surface area (Å²) in [5, 5.41) is 10.9. The lowest BCUT2D eigenvalue weighted by atomic mass is 10.3. The largest absolute Gasteiger partial charge is 0.336 e. The minimum Gasteiger partial charge on any atom is -0.336 e. The third kappa shape index (κ3) is 3.76. The van der Waals surface area contributed by atoms with E-state index in [9.17, 15) is 4.79 Å². The van der Waals surface area contributed by atoms with E-state index in [1.54, 1.807) is 12.1 Å². The Kier molecular flexibility index (Phi) is 5.15. The van der Waals surface area contributed by atoms with Crippen LogP contribution in [0.4, 0.5) is 10.5 Å². The normalized spacial score (nSPS) is 9.31. The van der Waals surface area contributed by atoms with Gasteiger partial charge in [0.1, 0.15) is 0 Å². The van der Waals surface area contributed by atoms with Crippen LogP contribution in [0.3, 0.4) is 0 Å². The van der Waals surface area contributed by atoms with Crippen LogP contribution in [-0.4, -0.2) is 12.6 Å². The number of urea groups is 1. The molecule has 0 aliphatic carbocycles. The summed E-state index contributed by atoms with van der Waals surface area (Å²) in [6, 6.07) is 8.77. The molecule has 0 bridgehead atoms. The number of rotatable bonds is 3. The van der Waals surface area contributed by atoms with Crippen LogP contribution in [0.2, 0.25) is 0 Å². The second-order valence-corrected chi connectivity index (χ2v) is 4.24. The first-order valence-corrected chi connectivity index (χ1v) is 5.74. The second-order valence-electron chi connectivity index (χ2n) is 2.93. The Bertz CT molecular complexity index is 402. The number of carbonyl (C=O) groups is 1. The molecular formula is C10H10BrN3OS. The lowest BCUT2D eigenvalue weighted by Crippen LogP contribution is -2.34. The van der Waals surface area contributed by atoms with Crippen LogP contribution >= 0.6 is 28.7 Å². The molecule has 1 N–H and O–H groups in total. The number of carbonyl (C=O) groups excluding carboxylic acids is 1. The van der Waals surface area contributed by atoms with Gasteiger partial charge >= 0.3 is 6.03 Å². The highest BCUT2D eigenvalue weighted by Crippen LogP contribution is 2.19. The maximum absolute atomic E-state index is 11.5. The summed E-state index contributed by atoms with van der Waals surface area (Å²) in [5.41, 5.74) is 0.668. The molecule has 1 rings (SSSR count). The van der Waals surface area contributed by atoms with Gasteiger partial charge in [0.25, 0.3) is 0 Å². The van der Waals surface area contributed by atoms with Crippen LogP contribution < -0.4 is 9.62 Å². The quantitative estimate of drug-likeness (QED) is 0.666. The van der Waals surface area contributed by atoms with Gasteiger partial charge in [0.05, 0.1) is 18.2 Å². The van der Waals surface area contributed by atoms with Crippen molar-refractivity contribution in [2.75, 3.05) is 10.8 Å². The van der Waals surface area contributed by atoms with Crippen molar-refractivity contribution in [3.8, 4) is 6.07 Å². The van der Waals surface area contributed by atoms with E-state index in [0.29, 0.717) is 12.2 Å². The van der Waals surface area contributed by atoms with E-state index < -0.39 is 0 Å². The van der Waals surface area contributed by atoms with E-state index in [1.165, 1.54) is 4.31 Å². The first-order valence-electron chi connectivity index (χ1n) is 4.54. The highest BCUT2D eigenvalue weighted by Gasteiger charge is 2.10. The number of benzene rings is 1. The third-order valence-electron chi connectivity index (χ3n) is 1.78. The standard InChI is InChI=1S/C10H10BrN3OS/c11-8-2-4-9(5-3-8)14(16)10(15)13-7-1-6-12/h2-5,16H,1,7H2,(H,13,15). The SMILES string of the molecule is N#CCCNC(=O)N(S)c1ccc(Br)cc1. The van der Waals surface area contributed by atoms with Gasteiger partial charge in [-0.25, -0.2) is 9.10 Å². The first-order chi connectivity index (χ1) is 7.65. The second kappa shape index (κ2) is 6.40. The molecule has 4 nitrogen and oxygen atoms in total. The van der Waals surface area contributed by atoms with Gasteiger partial charge in [0.15, 0.2) is 0 Å². The molecule has 0 saturated heterocycles. The average Bonchev–Trinajstić information content (AvgIpc) is 2.29. The van der Waals surface area contributed by atoms with Gasteiger partial charge in [-0.3, -0.25) is 0 Å². The van der Waals surface area contributed by atoms with E-state index in [-0.39, 0.29) is 12.5 Å². The van der Waals surface area contributed by atoms with Crippen LogP contribution in [0.1, 0.15) is 6.42 Å². The Morgan fingerprint density at radius 3 is 2.69 bits per heavy atom. The van der Waals surface area contributed by atoms with E-state index in [0.717, 1.165) is 4.47 Å². The van der Waals surface area contributed by atoms with Crippen LogP contribution in [0.25, 0.3) is 0 Å². The zero-order valence-corrected chi connectivity index (χ0v) is 10.8. The summed E-state index contributed by atoms with van der Waals surface area (Å²) >= 11 is 7.38. The summed E-state index contributed by atoms with van der Waals surface area (Å²) in [6.07, 6.45) is 0.285. The number of nitrogens with zero attached hydrogens (tertiary/aromatic N) is 2. The molecule has 0 fully saturated rings. The van der Waals surface area contributed by atoms with Crippen molar-refractivity contribution in [3.63, 3.8) is 0 Å². The lowest BCUT2D eigenvalue weighted by Gasteiger charge is -2.15. The monoisotopic (exact) mass is 299 g/mol. The van der Waals surface area contributed by atoms with Gasteiger partial charge in [-0.2, -0.15) is 5.26 Å². The molecule has 0 atom stereocenters. The maximum atomic E-state index is 11.5. The molecule has 0 radical (unpaired) electrons. The topological polar surface area (TPSA) is 56.1 Å². The Morgan fingerprint density at radius 2 is 2.12 bits per heavy atom. The van der Waals surface area contributed by atoms with Gasteiger partial charge in [0, 0.05) is 11.0 Å². The summed E-state index contributed by atoms with van der Waals surface area (Å²) < 4.78 is 2.13. The first kappa shape index (κ1) is 12.9.